The first-order valence-corrected chi connectivity index (χ1v) is 6.31. The maximum atomic E-state index is 13.0. The zero-order valence-electron chi connectivity index (χ0n) is 11.4. The minimum absolute atomic E-state index is 0.108. The highest BCUT2D eigenvalue weighted by Crippen LogP contribution is 2.14. The highest BCUT2D eigenvalue weighted by atomic mass is 19.1. The van der Waals surface area contributed by atoms with Crippen molar-refractivity contribution in [3.05, 3.63) is 71.6 Å². The van der Waals surface area contributed by atoms with Crippen molar-refractivity contribution in [3.63, 3.8) is 0 Å². The predicted molar refractivity (Wildman–Crippen MR) is 77.5 cm³/mol. The van der Waals surface area contributed by atoms with Gasteiger partial charge in [-0.2, -0.15) is 0 Å². The summed E-state index contributed by atoms with van der Waals surface area (Å²) in [5.74, 6) is -0.792. The summed E-state index contributed by atoms with van der Waals surface area (Å²) >= 11 is 0. The molecular weight excluding hydrogens is 271 g/mol. The normalized spacial score (nSPS) is 10.6. The molecule has 0 aromatic heterocycles. The summed E-state index contributed by atoms with van der Waals surface area (Å²) in [4.78, 5) is 22.9. The molecule has 0 N–H and O–H groups in total. The summed E-state index contributed by atoms with van der Waals surface area (Å²) in [6.45, 7) is 1.44. The lowest BCUT2D eigenvalue weighted by Gasteiger charge is -2.02. The fourth-order valence-corrected chi connectivity index (χ4v) is 1.70. The lowest BCUT2D eigenvalue weighted by atomic mass is 10.1. The molecule has 0 radical (unpaired) electrons. The molecule has 2 aromatic rings. The molecule has 4 heteroatoms. The van der Waals surface area contributed by atoms with Gasteiger partial charge in [-0.25, -0.2) is 9.18 Å². The van der Waals surface area contributed by atoms with Crippen molar-refractivity contribution < 1.29 is 18.7 Å². The van der Waals surface area contributed by atoms with E-state index in [1.165, 1.54) is 37.3 Å². The molecule has 0 fully saturated rings. The number of rotatable bonds is 4. The second-order valence-corrected chi connectivity index (χ2v) is 4.39. The zero-order chi connectivity index (χ0) is 15.2. The number of ether oxygens (including phenoxy) is 1. The molecule has 3 nitrogen and oxygen atoms in total. The van der Waals surface area contributed by atoms with Crippen molar-refractivity contribution >= 4 is 17.8 Å². The van der Waals surface area contributed by atoms with Crippen LogP contribution in [0.1, 0.15) is 22.8 Å². The molecule has 0 saturated carbocycles. The first-order valence-electron chi connectivity index (χ1n) is 6.31. The van der Waals surface area contributed by atoms with Gasteiger partial charge in [0.25, 0.3) is 0 Å². The van der Waals surface area contributed by atoms with Crippen molar-refractivity contribution in [3.8, 4) is 5.75 Å². The molecule has 21 heavy (non-hydrogen) atoms. The minimum atomic E-state index is -0.597. The number of benzene rings is 2. The average Bonchev–Trinajstić information content (AvgIpc) is 2.45. The van der Waals surface area contributed by atoms with Crippen LogP contribution in [0, 0.1) is 5.82 Å². The molecule has 0 bridgehead atoms. The Labute approximate surface area is 121 Å². The Hall–Kier alpha value is -2.75. The number of hydrogen-bond donors (Lipinski definition) is 0. The maximum absolute atomic E-state index is 13.0. The third-order valence-corrected chi connectivity index (χ3v) is 2.72. The summed E-state index contributed by atoms with van der Waals surface area (Å²) in [7, 11) is 0. The van der Waals surface area contributed by atoms with Gasteiger partial charge in [-0.05, 0) is 42.8 Å². The van der Waals surface area contributed by atoms with Crippen LogP contribution in [0.15, 0.2) is 54.6 Å². The fraction of sp³-hybridized carbons (Fsp3) is 0.0588. The molecule has 2 aromatic carbocycles. The highest BCUT2D eigenvalue weighted by molar-refractivity contribution is 5.95. The first-order chi connectivity index (χ1) is 10.0. The van der Waals surface area contributed by atoms with E-state index >= 15 is 0 Å². The number of carbonyl (C=O) groups is 2. The van der Waals surface area contributed by atoms with Gasteiger partial charge in [0.15, 0.2) is 5.78 Å². The molecular formula is C17H13FO3. The Kier molecular flexibility index (Phi) is 4.61. The average molecular weight is 284 g/mol. The smallest absolute Gasteiger partial charge is 0.336 e. The largest absolute Gasteiger partial charge is 0.423 e. The van der Waals surface area contributed by atoms with Crippen molar-refractivity contribution in [1.82, 2.24) is 0 Å². The van der Waals surface area contributed by atoms with Gasteiger partial charge in [0.2, 0.25) is 0 Å². The number of halogens is 1. The third-order valence-electron chi connectivity index (χ3n) is 2.72. The van der Waals surface area contributed by atoms with E-state index in [-0.39, 0.29) is 17.3 Å². The van der Waals surface area contributed by atoms with Crippen LogP contribution < -0.4 is 4.74 Å². The highest BCUT2D eigenvalue weighted by Gasteiger charge is 2.04. The second-order valence-electron chi connectivity index (χ2n) is 4.39. The van der Waals surface area contributed by atoms with Crippen LogP contribution in [0.25, 0.3) is 6.08 Å². The van der Waals surface area contributed by atoms with Crippen molar-refractivity contribution in [1.29, 1.82) is 0 Å². The number of Topliss-reactive ketones (excluding diaryl/α,β-unsaturated/α-hetero) is 1. The van der Waals surface area contributed by atoms with Crippen LogP contribution in [-0.4, -0.2) is 11.8 Å². The van der Waals surface area contributed by atoms with Gasteiger partial charge in [0.05, 0.1) is 0 Å². The van der Waals surface area contributed by atoms with Crippen LogP contribution in [0.4, 0.5) is 4.39 Å². The molecule has 106 valence electrons. The van der Waals surface area contributed by atoms with Gasteiger partial charge in [-0.1, -0.05) is 24.3 Å². The Balaban J connectivity index is 2.05. The summed E-state index contributed by atoms with van der Waals surface area (Å²) in [6, 6.07) is 12.2. The van der Waals surface area contributed by atoms with E-state index in [1.54, 1.807) is 30.3 Å². The second kappa shape index (κ2) is 6.61. The molecule has 0 unspecified atom stereocenters. The molecule has 0 aliphatic carbocycles. The lowest BCUT2D eigenvalue weighted by molar-refractivity contribution is -0.128. The SMILES string of the molecule is CC(=O)c1cccc(OC(=O)/C=C/c2cccc(F)c2)c1. The lowest BCUT2D eigenvalue weighted by Crippen LogP contribution is -2.04. The van der Waals surface area contributed by atoms with Gasteiger partial charge in [-0.15, -0.1) is 0 Å². The van der Waals surface area contributed by atoms with Gasteiger partial charge < -0.3 is 4.74 Å². The van der Waals surface area contributed by atoms with Crippen LogP contribution in [0.2, 0.25) is 0 Å². The van der Waals surface area contributed by atoms with Crippen molar-refractivity contribution in [2.24, 2.45) is 0 Å². The summed E-state index contributed by atoms with van der Waals surface area (Å²) in [5.41, 5.74) is 1.03. The quantitative estimate of drug-likeness (QED) is 0.372. The zero-order valence-corrected chi connectivity index (χ0v) is 11.4. The predicted octanol–water partition coefficient (Wildman–Crippen LogP) is 3.65. The molecule has 0 amide bonds. The Bertz CT molecular complexity index is 705. The number of esters is 1. The van der Waals surface area contributed by atoms with Gasteiger partial charge in [-0.3, -0.25) is 4.79 Å². The van der Waals surface area contributed by atoms with Crippen LogP contribution >= 0.6 is 0 Å². The van der Waals surface area contributed by atoms with Gasteiger partial charge in [0.1, 0.15) is 11.6 Å². The van der Waals surface area contributed by atoms with Crippen LogP contribution in [0.5, 0.6) is 5.75 Å². The molecule has 0 spiro atoms. The molecule has 2 rings (SSSR count). The number of ketones is 1. The Morgan fingerprint density at radius 1 is 1.10 bits per heavy atom. The standard InChI is InChI=1S/C17H13FO3/c1-12(19)14-5-3-7-16(11-14)21-17(20)9-8-13-4-2-6-15(18)10-13/h2-11H,1H3/b9-8+. The van der Waals surface area contributed by atoms with E-state index in [2.05, 4.69) is 0 Å². The minimum Gasteiger partial charge on any atom is -0.423 e. The van der Waals surface area contributed by atoms with E-state index in [0.29, 0.717) is 11.1 Å². The Morgan fingerprint density at radius 3 is 2.57 bits per heavy atom. The van der Waals surface area contributed by atoms with E-state index in [9.17, 15) is 14.0 Å². The number of carbonyl (C=O) groups excluding carboxylic acids is 2. The topological polar surface area (TPSA) is 43.4 Å². The van der Waals surface area contributed by atoms with Crippen LogP contribution in [-0.2, 0) is 4.79 Å². The molecule has 0 saturated heterocycles. The fourth-order valence-electron chi connectivity index (χ4n) is 1.70. The number of hydrogen-bond acceptors (Lipinski definition) is 3. The van der Waals surface area contributed by atoms with Gasteiger partial charge >= 0.3 is 5.97 Å². The Morgan fingerprint density at radius 2 is 1.86 bits per heavy atom. The summed E-state index contributed by atoms with van der Waals surface area (Å²) < 4.78 is 18.1. The van der Waals surface area contributed by atoms with E-state index in [4.69, 9.17) is 4.74 Å². The molecule has 0 aliphatic heterocycles. The van der Waals surface area contributed by atoms with E-state index in [0.717, 1.165) is 0 Å². The van der Waals surface area contributed by atoms with Crippen molar-refractivity contribution in [2.45, 2.75) is 6.92 Å². The third kappa shape index (κ3) is 4.38. The monoisotopic (exact) mass is 284 g/mol. The molecule has 0 atom stereocenters. The summed E-state index contributed by atoms with van der Waals surface area (Å²) in [5, 5.41) is 0. The first kappa shape index (κ1) is 14.7. The van der Waals surface area contributed by atoms with Gasteiger partial charge in [0, 0.05) is 11.6 Å². The summed E-state index contributed by atoms with van der Waals surface area (Å²) in [6.07, 6.45) is 2.66. The molecule has 0 heterocycles. The molecule has 0 aliphatic rings. The van der Waals surface area contributed by atoms with E-state index < -0.39 is 5.97 Å². The van der Waals surface area contributed by atoms with E-state index in [1.807, 2.05) is 0 Å². The van der Waals surface area contributed by atoms with Crippen molar-refractivity contribution in [2.75, 3.05) is 0 Å². The van der Waals surface area contributed by atoms with Crippen LogP contribution in [0.3, 0.4) is 0 Å². The maximum Gasteiger partial charge on any atom is 0.336 e.